The number of rotatable bonds is 4. The van der Waals surface area contributed by atoms with Gasteiger partial charge in [-0.25, -0.2) is 8.42 Å². The van der Waals surface area contributed by atoms with Gasteiger partial charge in [-0.05, 0) is 62.1 Å². The van der Waals surface area contributed by atoms with Gasteiger partial charge in [0.2, 0.25) is 10.0 Å². The topological polar surface area (TPSA) is 59.5 Å². The minimum absolute atomic E-state index is 0.197. The lowest BCUT2D eigenvalue weighted by atomic mass is 10.1. The van der Waals surface area contributed by atoms with Crippen LogP contribution in [0.25, 0.3) is 0 Å². The number of aryl methyl sites for hydroxylation is 2. The lowest BCUT2D eigenvalue weighted by Crippen LogP contribution is -2.32. The highest BCUT2D eigenvalue weighted by Gasteiger charge is 2.38. The molecule has 0 N–H and O–H groups in total. The normalized spacial score (nSPS) is 18.7. The van der Waals surface area contributed by atoms with E-state index in [1.807, 2.05) is 32.0 Å². The second-order valence-electron chi connectivity index (χ2n) is 6.12. The molecular weight excluding hydrogens is 324 g/mol. The van der Waals surface area contributed by atoms with Gasteiger partial charge >= 0.3 is 0 Å². The number of ether oxygens (including phenoxy) is 1. The Bertz CT molecular complexity index is 812. The summed E-state index contributed by atoms with van der Waals surface area (Å²) in [5, 5.41) is 0. The molecule has 1 saturated heterocycles. The Morgan fingerprint density at radius 3 is 2.50 bits per heavy atom. The van der Waals surface area contributed by atoms with Crippen LogP contribution in [0.4, 0.5) is 0 Å². The molecule has 1 aliphatic rings. The summed E-state index contributed by atoms with van der Waals surface area (Å²) in [6, 6.07) is 8.98. The average molecular weight is 346 g/mol. The Morgan fingerprint density at radius 1 is 1.21 bits per heavy atom. The predicted octanol–water partition coefficient (Wildman–Crippen LogP) is 3.23. The summed E-state index contributed by atoms with van der Waals surface area (Å²) in [6.45, 7) is 4.15. The van der Waals surface area contributed by atoms with Crippen molar-refractivity contribution in [2.24, 2.45) is 0 Å². The Labute approximate surface area is 143 Å². The zero-order chi connectivity index (χ0) is 17.3. The Morgan fingerprint density at radius 2 is 1.92 bits per heavy atom. The molecule has 0 bridgehead atoms. The van der Waals surface area contributed by atoms with E-state index in [-0.39, 0.29) is 6.04 Å². The fourth-order valence-electron chi connectivity index (χ4n) is 3.45. The Kier molecular flexibility index (Phi) is 4.60. The van der Waals surface area contributed by atoms with Crippen molar-refractivity contribution < 1.29 is 13.2 Å². The van der Waals surface area contributed by atoms with E-state index in [1.54, 1.807) is 29.7 Å². The van der Waals surface area contributed by atoms with Gasteiger partial charge in [0.15, 0.2) is 0 Å². The van der Waals surface area contributed by atoms with Crippen LogP contribution < -0.4 is 4.74 Å². The van der Waals surface area contributed by atoms with Gasteiger partial charge in [0.1, 0.15) is 5.75 Å². The van der Waals surface area contributed by atoms with Crippen molar-refractivity contribution >= 4 is 10.0 Å². The van der Waals surface area contributed by atoms with E-state index in [4.69, 9.17) is 4.74 Å². The molecule has 2 heterocycles. The first-order valence-corrected chi connectivity index (χ1v) is 9.47. The molecule has 3 rings (SSSR count). The van der Waals surface area contributed by atoms with Crippen molar-refractivity contribution in [1.29, 1.82) is 0 Å². The van der Waals surface area contributed by atoms with Crippen LogP contribution in [-0.4, -0.2) is 31.4 Å². The monoisotopic (exact) mass is 346 g/mol. The lowest BCUT2D eigenvalue weighted by molar-refractivity contribution is 0.389. The summed E-state index contributed by atoms with van der Waals surface area (Å²) < 4.78 is 33.5. The van der Waals surface area contributed by atoms with Gasteiger partial charge in [0, 0.05) is 12.7 Å². The summed E-state index contributed by atoms with van der Waals surface area (Å²) >= 11 is 0. The molecule has 6 heteroatoms. The second kappa shape index (κ2) is 6.53. The van der Waals surface area contributed by atoms with Crippen LogP contribution in [0.2, 0.25) is 0 Å². The lowest BCUT2D eigenvalue weighted by Gasteiger charge is -2.25. The second-order valence-corrected chi connectivity index (χ2v) is 7.95. The molecule has 1 unspecified atom stereocenters. The van der Waals surface area contributed by atoms with E-state index in [1.165, 1.54) is 0 Å². The average Bonchev–Trinajstić information content (AvgIpc) is 3.05. The zero-order valence-electron chi connectivity index (χ0n) is 14.2. The number of hydrogen-bond donors (Lipinski definition) is 0. The molecular formula is C18H22N2O3S. The third-order valence-corrected chi connectivity index (χ3v) is 6.68. The fourth-order valence-corrected chi connectivity index (χ4v) is 5.53. The van der Waals surface area contributed by atoms with E-state index < -0.39 is 10.0 Å². The van der Waals surface area contributed by atoms with Crippen LogP contribution in [0, 0.1) is 13.8 Å². The molecule has 0 amide bonds. The number of pyridine rings is 1. The van der Waals surface area contributed by atoms with Crippen LogP contribution in [0.15, 0.2) is 41.4 Å². The minimum atomic E-state index is -3.58. The first kappa shape index (κ1) is 16.9. The first-order chi connectivity index (χ1) is 11.4. The minimum Gasteiger partial charge on any atom is -0.497 e. The van der Waals surface area contributed by atoms with Crippen molar-refractivity contribution in [2.45, 2.75) is 37.6 Å². The van der Waals surface area contributed by atoms with Gasteiger partial charge in [-0.2, -0.15) is 4.31 Å². The van der Waals surface area contributed by atoms with Gasteiger partial charge in [0.25, 0.3) is 0 Å². The van der Waals surface area contributed by atoms with E-state index in [2.05, 4.69) is 4.98 Å². The predicted molar refractivity (Wildman–Crippen MR) is 92.6 cm³/mol. The molecule has 0 radical (unpaired) electrons. The number of benzene rings is 1. The molecule has 1 aromatic heterocycles. The number of hydrogen-bond acceptors (Lipinski definition) is 4. The van der Waals surface area contributed by atoms with Crippen molar-refractivity contribution in [3.63, 3.8) is 0 Å². The number of methoxy groups -OCH3 is 1. The smallest absolute Gasteiger partial charge is 0.244 e. The van der Waals surface area contributed by atoms with Crippen LogP contribution in [-0.2, 0) is 10.0 Å². The van der Waals surface area contributed by atoms with Gasteiger partial charge in [0.05, 0.1) is 23.7 Å². The maximum Gasteiger partial charge on any atom is 0.244 e. The largest absolute Gasteiger partial charge is 0.497 e. The van der Waals surface area contributed by atoms with E-state index >= 15 is 0 Å². The molecule has 5 nitrogen and oxygen atoms in total. The summed E-state index contributed by atoms with van der Waals surface area (Å²) in [6.07, 6.45) is 3.35. The standard InChI is InChI=1S/C18H22N2O3S/c1-13-11-15(23-3)12-14(2)18(13)24(21,22)20-10-6-8-17(20)16-7-4-5-9-19-16/h4-5,7,9,11-12,17H,6,8,10H2,1-3H3. The van der Waals surface area contributed by atoms with Gasteiger partial charge in [-0.15, -0.1) is 0 Å². The third kappa shape index (κ3) is 2.91. The van der Waals surface area contributed by atoms with E-state index in [9.17, 15) is 8.42 Å². The number of nitrogens with zero attached hydrogens (tertiary/aromatic N) is 2. The summed E-state index contributed by atoms with van der Waals surface area (Å²) in [5.74, 6) is 0.673. The summed E-state index contributed by atoms with van der Waals surface area (Å²) in [7, 11) is -2.00. The molecule has 1 aromatic carbocycles. The van der Waals surface area contributed by atoms with Crippen molar-refractivity contribution in [2.75, 3.05) is 13.7 Å². The molecule has 0 aliphatic carbocycles. The van der Waals surface area contributed by atoms with Crippen molar-refractivity contribution in [1.82, 2.24) is 9.29 Å². The van der Waals surface area contributed by atoms with Gasteiger partial charge in [-0.1, -0.05) is 6.07 Å². The molecule has 128 valence electrons. The molecule has 24 heavy (non-hydrogen) atoms. The highest BCUT2D eigenvalue weighted by Crippen LogP contribution is 2.38. The van der Waals surface area contributed by atoms with E-state index in [0.29, 0.717) is 28.3 Å². The third-order valence-electron chi connectivity index (χ3n) is 4.47. The molecule has 2 aromatic rings. The van der Waals surface area contributed by atoms with Crippen molar-refractivity contribution in [3.05, 3.63) is 53.3 Å². The highest BCUT2D eigenvalue weighted by atomic mass is 32.2. The highest BCUT2D eigenvalue weighted by molar-refractivity contribution is 7.89. The van der Waals surface area contributed by atoms with Crippen LogP contribution >= 0.6 is 0 Å². The van der Waals surface area contributed by atoms with Gasteiger partial charge in [-0.3, -0.25) is 4.98 Å². The molecule has 1 aliphatic heterocycles. The zero-order valence-corrected chi connectivity index (χ0v) is 15.0. The first-order valence-electron chi connectivity index (χ1n) is 8.03. The summed E-state index contributed by atoms with van der Waals surface area (Å²) in [5.41, 5.74) is 2.22. The number of aromatic nitrogens is 1. The molecule has 0 saturated carbocycles. The summed E-state index contributed by atoms with van der Waals surface area (Å²) in [4.78, 5) is 4.74. The fraction of sp³-hybridized carbons (Fsp3) is 0.389. The van der Waals surface area contributed by atoms with Crippen LogP contribution in [0.5, 0.6) is 5.75 Å². The molecule has 0 spiro atoms. The SMILES string of the molecule is COc1cc(C)c(S(=O)(=O)N2CCCC2c2ccccn2)c(C)c1. The molecule has 1 fully saturated rings. The maximum atomic E-state index is 13.3. The quantitative estimate of drug-likeness (QED) is 0.853. The molecule has 1 atom stereocenters. The van der Waals surface area contributed by atoms with E-state index in [0.717, 1.165) is 18.5 Å². The van der Waals surface area contributed by atoms with Crippen molar-refractivity contribution in [3.8, 4) is 5.75 Å². The van der Waals surface area contributed by atoms with Crippen LogP contribution in [0.1, 0.15) is 35.7 Å². The maximum absolute atomic E-state index is 13.3. The Balaban J connectivity index is 2.05. The van der Waals surface area contributed by atoms with Crippen LogP contribution in [0.3, 0.4) is 0 Å². The Hall–Kier alpha value is -1.92. The van der Waals surface area contributed by atoms with Gasteiger partial charge < -0.3 is 4.74 Å². The number of sulfonamides is 1.